The van der Waals surface area contributed by atoms with Gasteiger partial charge in [-0.05, 0) is 31.2 Å². The molecule has 7 heteroatoms. The minimum absolute atomic E-state index is 0.0276. The van der Waals surface area contributed by atoms with E-state index in [0.29, 0.717) is 5.25 Å². The van der Waals surface area contributed by atoms with Crippen molar-refractivity contribution >= 4 is 28.5 Å². The van der Waals surface area contributed by atoms with Crippen LogP contribution in [-0.4, -0.2) is 72.0 Å². The number of aliphatic imine (C=N–C) groups is 1. The van der Waals surface area contributed by atoms with Gasteiger partial charge in [0.05, 0.1) is 19.7 Å². The Morgan fingerprint density at radius 3 is 2.52 bits per heavy atom. The van der Waals surface area contributed by atoms with E-state index >= 15 is 0 Å². The SMILES string of the molecule is COc1ccc(NC(=O)[C@H](C)N2CCN(C3=NC[C@H](C)S3)CC2)cc1. The maximum absolute atomic E-state index is 12.5. The quantitative estimate of drug-likeness (QED) is 0.889. The summed E-state index contributed by atoms with van der Waals surface area (Å²) in [6, 6.07) is 7.26. The molecule has 2 aliphatic rings. The summed E-state index contributed by atoms with van der Waals surface area (Å²) in [6.07, 6.45) is 0. The van der Waals surface area contributed by atoms with Gasteiger partial charge in [0.2, 0.25) is 5.91 Å². The van der Waals surface area contributed by atoms with Crippen molar-refractivity contribution in [3.05, 3.63) is 24.3 Å². The van der Waals surface area contributed by atoms with Gasteiger partial charge in [-0.15, -0.1) is 0 Å². The van der Waals surface area contributed by atoms with Gasteiger partial charge in [0.1, 0.15) is 5.75 Å². The fraction of sp³-hybridized carbons (Fsp3) is 0.556. The second-order valence-corrected chi connectivity index (χ2v) is 7.87. The lowest BCUT2D eigenvalue weighted by Crippen LogP contribution is -2.53. The maximum atomic E-state index is 12.5. The first-order chi connectivity index (χ1) is 12.1. The van der Waals surface area contributed by atoms with Crippen LogP contribution in [0.4, 0.5) is 5.69 Å². The Morgan fingerprint density at radius 1 is 1.28 bits per heavy atom. The number of carbonyl (C=O) groups is 1. The zero-order chi connectivity index (χ0) is 17.8. The Balaban J connectivity index is 1.49. The fourth-order valence-corrected chi connectivity index (χ4v) is 4.01. The average Bonchev–Trinajstić information content (AvgIpc) is 3.08. The number of rotatable bonds is 4. The standard InChI is InChI=1S/C18H26N4O2S/c1-13-12-19-18(25-13)22-10-8-21(9-11-22)14(2)17(23)20-15-4-6-16(24-3)7-5-15/h4-7,13-14H,8-12H2,1-3H3,(H,20,23)/t13-,14-/m0/s1. The molecule has 6 nitrogen and oxygen atoms in total. The topological polar surface area (TPSA) is 57.2 Å². The minimum Gasteiger partial charge on any atom is -0.497 e. The second-order valence-electron chi connectivity index (χ2n) is 6.47. The number of amidine groups is 1. The van der Waals surface area contributed by atoms with Crippen molar-refractivity contribution in [3.63, 3.8) is 0 Å². The number of piperazine rings is 1. The van der Waals surface area contributed by atoms with Crippen molar-refractivity contribution < 1.29 is 9.53 Å². The van der Waals surface area contributed by atoms with Crippen LogP contribution < -0.4 is 10.1 Å². The van der Waals surface area contributed by atoms with E-state index in [1.54, 1.807) is 7.11 Å². The molecule has 136 valence electrons. The molecule has 2 aliphatic heterocycles. The lowest BCUT2D eigenvalue weighted by molar-refractivity contribution is -0.121. The summed E-state index contributed by atoms with van der Waals surface area (Å²) >= 11 is 1.86. The van der Waals surface area contributed by atoms with Gasteiger partial charge in [-0.25, -0.2) is 0 Å². The first-order valence-corrected chi connectivity index (χ1v) is 9.60. The van der Waals surface area contributed by atoms with Crippen molar-refractivity contribution in [2.75, 3.05) is 45.2 Å². The Labute approximate surface area is 153 Å². The summed E-state index contributed by atoms with van der Waals surface area (Å²) < 4.78 is 5.14. The van der Waals surface area contributed by atoms with Crippen LogP contribution in [0, 0.1) is 0 Å². The van der Waals surface area contributed by atoms with Crippen LogP contribution in [0.2, 0.25) is 0 Å². The third-order valence-electron chi connectivity index (χ3n) is 4.66. The number of nitrogens with one attached hydrogen (secondary N) is 1. The molecular weight excluding hydrogens is 336 g/mol. The van der Waals surface area contributed by atoms with E-state index in [9.17, 15) is 4.79 Å². The predicted octanol–water partition coefficient (Wildman–Crippen LogP) is 2.13. The molecule has 2 atom stereocenters. The van der Waals surface area contributed by atoms with Crippen molar-refractivity contribution in [2.45, 2.75) is 25.1 Å². The molecule has 0 radical (unpaired) electrons. The number of amides is 1. The highest BCUT2D eigenvalue weighted by atomic mass is 32.2. The molecule has 1 saturated heterocycles. The third kappa shape index (κ3) is 4.46. The second kappa shape index (κ2) is 8.10. The van der Waals surface area contributed by atoms with E-state index in [4.69, 9.17) is 4.74 Å². The normalized spacial score (nSPS) is 22.4. The number of benzene rings is 1. The summed E-state index contributed by atoms with van der Waals surface area (Å²) in [6.45, 7) is 8.72. The molecule has 2 heterocycles. The number of thioether (sulfide) groups is 1. The van der Waals surface area contributed by atoms with Crippen LogP contribution in [0.3, 0.4) is 0 Å². The summed E-state index contributed by atoms with van der Waals surface area (Å²) in [5, 5.41) is 4.74. The van der Waals surface area contributed by atoms with Gasteiger partial charge in [0.15, 0.2) is 5.17 Å². The van der Waals surface area contributed by atoms with Gasteiger partial charge in [0, 0.05) is 37.1 Å². The van der Waals surface area contributed by atoms with E-state index in [1.165, 1.54) is 5.17 Å². The number of hydrogen-bond acceptors (Lipinski definition) is 6. The molecule has 25 heavy (non-hydrogen) atoms. The molecule has 0 spiro atoms. The van der Waals surface area contributed by atoms with Gasteiger partial charge in [0.25, 0.3) is 0 Å². The average molecular weight is 362 g/mol. The van der Waals surface area contributed by atoms with Gasteiger partial charge in [-0.2, -0.15) is 0 Å². The molecule has 0 aromatic heterocycles. The van der Waals surface area contributed by atoms with Crippen molar-refractivity contribution in [1.82, 2.24) is 9.80 Å². The molecule has 0 unspecified atom stereocenters. The zero-order valence-electron chi connectivity index (χ0n) is 15.1. The number of hydrogen-bond donors (Lipinski definition) is 1. The van der Waals surface area contributed by atoms with Crippen molar-refractivity contribution in [3.8, 4) is 5.75 Å². The minimum atomic E-state index is -0.152. The third-order valence-corrected chi connectivity index (χ3v) is 5.81. The molecule has 0 saturated carbocycles. The van der Waals surface area contributed by atoms with Gasteiger partial charge in [-0.3, -0.25) is 14.7 Å². The smallest absolute Gasteiger partial charge is 0.241 e. The predicted molar refractivity (Wildman–Crippen MR) is 104 cm³/mol. The van der Waals surface area contributed by atoms with Gasteiger partial charge < -0.3 is 15.0 Å². The van der Waals surface area contributed by atoms with E-state index < -0.39 is 0 Å². The molecule has 0 bridgehead atoms. The van der Waals surface area contributed by atoms with Gasteiger partial charge >= 0.3 is 0 Å². The molecule has 0 aliphatic carbocycles. The Hall–Kier alpha value is -1.73. The maximum Gasteiger partial charge on any atom is 0.241 e. The summed E-state index contributed by atoms with van der Waals surface area (Å²) in [5.74, 6) is 0.809. The summed E-state index contributed by atoms with van der Waals surface area (Å²) in [7, 11) is 1.63. The lowest BCUT2D eigenvalue weighted by Gasteiger charge is -2.38. The molecule has 1 fully saturated rings. The summed E-state index contributed by atoms with van der Waals surface area (Å²) in [4.78, 5) is 21.7. The van der Waals surface area contributed by atoms with Crippen LogP contribution in [0.1, 0.15) is 13.8 Å². The largest absolute Gasteiger partial charge is 0.497 e. The number of ether oxygens (including phenoxy) is 1. The van der Waals surface area contributed by atoms with E-state index in [2.05, 4.69) is 27.0 Å². The van der Waals surface area contributed by atoms with Crippen LogP contribution in [-0.2, 0) is 4.79 Å². The highest BCUT2D eigenvalue weighted by Crippen LogP contribution is 2.24. The summed E-state index contributed by atoms with van der Waals surface area (Å²) in [5.41, 5.74) is 0.794. The number of anilines is 1. The Morgan fingerprint density at radius 2 is 1.96 bits per heavy atom. The Kier molecular flexibility index (Phi) is 5.86. The lowest BCUT2D eigenvalue weighted by atomic mass is 10.2. The number of carbonyl (C=O) groups excluding carboxylic acids is 1. The monoisotopic (exact) mass is 362 g/mol. The van der Waals surface area contributed by atoms with E-state index in [-0.39, 0.29) is 11.9 Å². The van der Waals surface area contributed by atoms with Crippen molar-refractivity contribution in [1.29, 1.82) is 0 Å². The van der Waals surface area contributed by atoms with Crippen LogP contribution >= 0.6 is 11.8 Å². The molecule has 3 rings (SSSR count). The molecular formula is C18H26N4O2S. The molecule has 1 amide bonds. The van der Waals surface area contributed by atoms with E-state index in [0.717, 1.165) is 44.2 Å². The fourth-order valence-electron chi connectivity index (χ4n) is 3.02. The number of nitrogens with zero attached hydrogens (tertiary/aromatic N) is 3. The Bertz CT molecular complexity index is 626. The van der Waals surface area contributed by atoms with E-state index in [1.807, 2.05) is 43.0 Å². The highest BCUT2D eigenvalue weighted by molar-refractivity contribution is 8.14. The molecule has 1 N–H and O–H groups in total. The molecule has 1 aromatic carbocycles. The highest BCUT2D eigenvalue weighted by Gasteiger charge is 2.28. The van der Waals surface area contributed by atoms with Gasteiger partial charge in [-0.1, -0.05) is 18.7 Å². The van der Waals surface area contributed by atoms with Crippen LogP contribution in [0.25, 0.3) is 0 Å². The zero-order valence-corrected chi connectivity index (χ0v) is 15.9. The van der Waals surface area contributed by atoms with Crippen LogP contribution in [0.5, 0.6) is 5.75 Å². The molecule has 1 aromatic rings. The first-order valence-electron chi connectivity index (χ1n) is 8.72. The van der Waals surface area contributed by atoms with Crippen molar-refractivity contribution in [2.24, 2.45) is 4.99 Å². The number of methoxy groups -OCH3 is 1. The first kappa shape index (κ1) is 18.1. The van der Waals surface area contributed by atoms with Crippen LogP contribution in [0.15, 0.2) is 29.3 Å².